The molecular formula is C20H33N3O2. The van der Waals surface area contributed by atoms with Crippen LogP contribution in [0.15, 0.2) is 24.3 Å². The van der Waals surface area contributed by atoms with Crippen molar-refractivity contribution in [3.63, 3.8) is 0 Å². The predicted octanol–water partition coefficient (Wildman–Crippen LogP) is 2.46. The zero-order valence-electron chi connectivity index (χ0n) is 16.6. The lowest BCUT2D eigenvalue weighted by Gasteiger charge is -2.23. The molecule has 0 aromatic heterocycles. The molecule has 1 rings (SSSR count). The third-order valence-corrected chi connectivity index (χ3v) is 4.32. The predicted molar refractivity (Wildman–Crippen MR) is 103 cm³/mol. The Bertz CT molecular complexity index is 574. The van der Waals surface area contributed by atoms with E-state index in [9.17, 15) is 9.59 Å². The second-order valence-electron chi connectivity index (χ2n) is 7.96. The maximum Gasteiger partial charge on any atom is 0.251 e. The van der Waals surface area contributed by atoms with Crippen molar-refractivity contribution in [1.82, 2.24) is 16.0 Å². The first-order valence-electron chi connectivity index (χ1n) is 8.92. The van der Waals surface area contributed by atoms with Gasteiger partial charge in [-0.05, 0) is 43.0 Å². The topological polar surface area (TPSA) is 70.2 Å². The van der Waals surface area contributed by atoms with E-state index in [-0.39, 0.29) is 29.2 Å². The lowest BCUT2D eigenvalue weighted by atomic mass is 9.86. The van der Waals surface area contributed by atoms with Crippen LogP contribution in [0.2, 0.25) is 0 Å². The molecule has 140 valence electrons. The average molecular weight is 348 g/mol. The van der Waals surface area contributed by atoms with Gasteiger partial charge in [0, 0.05) is 18.2 Å². The quantitative estimate of drug-likeness (QED) is 0.710. The van der Waals surface area contributed by atoms with E-state index in [0.29, 0.717) is 12.1 Å². The average Bonchev–Trinajstić information content (AvgIpc) is 2.55. The van der Waals surface area contributed by atoms with Crippen LogP contribution in [0.25, 0.3) is 0 Å². The molecule has 1 aromatic carbocycles. The van der Waals surface area contributed by atoms with E-state index in [1.165, 1.54) is 5.56 Å². The molecular weight excluding hydrogens is 314 g/mol. The van der Waals surface area contributed by atoms with Crippen LogP contribution in [-0.4, -0.2) is 37.5 Å². The van der Waals surface area contributed by atoms with Gasteiger partial charge in [-0.2, -0.15) is 0 Å². The number of benzene rings is 1. The van der Waals surface area contributed by atoms with Crippen molar-refractivity contribution >= 4 is 11.8 Å². The number of nitrogens with one attached hydrogen (secondary N) is 3. The minimum Gasteiger partial charge on any atom is -0.353 e. The van der Waals surface area contributed by atoms with E-state index in [0.717, 1.165) is 0 Å². The Hall–Kier alpha value is -1.88. The van der Waals surface area contributed by atoms with Crippen molar-refractivity contribution in [3.8, 4) is 0 Å². The molecule has 2 unspecified atom stereocenters. The van der Waals surface area contributed by atoms with Crippen LogP contribution in [0.3, 0.4) is 0 Å². The molecule has 2 atom stereocenters. The van der Waals surface area contributed by atoms with Gasteiger partial charge in [0.25, 0.3) is 5.91 Å². The highest BCUT2D eigenvalue weighted by Crippen LogP contribution is 2.22. The van der Waals surface area contributed by atoms with Crippen LogP contribution in [-0.2, 0) is 10.2 Å². The molecule has 1 aromatic rings. The normalized spacial score (nSPS) is 14.1. The molecule has 0 aliphatic rings. The van der Waals surface area contributed by atoms with Gasteiger partial charge in [0.15, 0.2) is 0 Å². The Kier molecular flexibility index (Phi) is 7.61. The number of amides is 2. The fraction of sp³-hybridized carbons (Fsp3) is 0.600. The smallest absolute Gasteiger partial charge is 0.251 e. The largest absolute Gasteiger partial charge is 0.353 e. The van der Waals surface area contributed by atoms with E-state index < -0.39 is 6.04 Å². The fourth-order valence-corrected chi connectivity index (χ4v) is 2.35. The van der Waals surface area contributed by atoms with Crippen LogP contribution in [0.4, 0.5) is 0 Å². The van der Waals surface area contributed by atoms with Gasteiger partial charge in [0.2, 0.25) is 5.91 Å². The third-order valence-electron chi connectivity index (χ3n) is 4.32. The first kappa shape index (κ1) is 21.2. The van der Waals surface area contributed by atoms with Crippen molar-refractivity contribution in [1.29, 1.82) is 0 Å². The van der Waals surface area contributed by atoms with Gasteiger partial charge in [-0.25, -0.2) is 0 Å². The first-order valence-corrected chi connectivity index (χ1v) is 8.92. The summed E-state index contributed by atoms with van der Waals surface area (Å²) in [6, 6.07) is 7.18. The summed E-state index contributed by atoms with van der Waals surface area (Å²) >= 11 is 0. The van der Waals surface area contributed by atoms with Gasteiger partial charge in [0.05, 0.1) is 0 Å². The van der Waals surface area contributed by atoms with Crippen LogP contribution in [0.1, 0.15) is 57.5 Å². The Morgan fingerprint density at radius 1 is 1.04 bits per heavy atom. The molecule has 25 heavy (non-hydrogen) atoms. The molecule has 0 fully saturated rings. The van der Waals surface area contributed by atoms with Crippen molar-refractivity contribution in [2.24, 2.45) is 5.92 Å². The van der Waals surface area contributed by atoms with Gasteiger partial charge in [-0.1, -0.05) is 46.8 Å². The molecule has 0 saturated carbocycles. The van der Waals surface area contributed by atoms with Crippen molar-refractivity contribution < 1.29 is 9.59 Å². The summed E-state index contributed by atoms with van der Waals surface area (Å²) in [5.41, 5.74) is 1.78. The van der Waals surface area contributed by atoms with Crippen molar-refractivity contribution in [2.75, 3.05) is 13.6 Å². The molecule has 0 bridgehead atoms. The number of hydrogen-bond donors (Lipinski definition) is 3. The molecule has 0 heterocycles. The highest BCUT2D eigenvalue weighted by atomic mass is 16.2. The van der Waals surface area contributed by atoms with Crippen LogP contribution < -0.4 is 16.0 Å². The van der Waals surface area contributed by atoms with Gasteiger partial charge in [-0.3, -0.25) is 9.59 Å². The summed E-state index contributed by atoms with van der Waals surface area (Å²) in [4.78, 5) is 24.9. The number of likely N-dealkylation sites (N-methyl/N-ethyl adjacent to an activating group) is 1. The Morgan fingerprint density at radius 2 is 1.60 bits per heavy atom. The van der Waals surface area contributed by atoms with E-state index in [2.05, 4.69) is 36.7 Å². The SMILES string of the molecule is CNC(C)CNC(=O)C(NC(=O)c1ccc(C(C)(C)C)cc1)C(C)C. The first-order chi connectivity index (χ1) is 11.6. The Morgan fingerprint density at radius 3 is 2.04 bits per heavy atom. The number of carbonyl (C=O) groups is 2. The second kappa shape index (κ2) is 8.99. The zero-order valence-corrected chi connectivity index (χ0v) is 16.6. The highest BCUT2D eigenvalue weighted by molar-refractivity contribution is 5.97. The van der Waals surface area contributed by atoms with Gasteiger partial charge < -0.3 is 16.0 Å². The van der Waals surface area contributed by atoms with E-state index in [1.807, 2.05) is 52.1 Å². The molecule has 0 saturated heterocycles. The minimum absolute atomic E-state index is 0.00249. The summed E-state index contributed by atoms with van der Waals surface area (Å²) in [5, 5.41) is 8.82. The monoisotopic (exact) mass is 347 g/mol. The van der Waals surface area contributed by atoms with Crippen LogP contribution in [0, 0.1) is 5.92 Å². The lowest BCUT2D eigenvalue weighted by Crippen LogP contribution is -2.51. The molecule has 0 aliphatic heterocycles. The molecule has 0 radical (unpaired) electrons. The van der Waals surface area contributed by atoms with Crippen molar-refractivity contribution in [2.45, 2.75) is 59.0 Å². The molecule has 5 nitrogen and oxygen atoms in total. The summed E-state index contributed by atoms with van der Waals surface area (Å²) in [7, 11) is 1.85. The molecule has 0 spiro atoms. The molecule has 5 heteroatoms. The summed E-state index contributed by atoms with van der Waals surface area (Å²) in [5.74, 6) is -0.379. The van der Waals surface area contributed by atoms with E-state index >= 15 is 0 Å². The lowest BCUT2D eigenvalue weighted by molar-refractivity contribution is -0.124. The van der Waals surface area contributed by atoms with Gasteiger partial charge in [-0.15, -0.1) is 0 Å². The fourth-order valence-electron chi connectivity index (χ4n) is 2.35. The second-order valence-corrected chi connectivity index (χ2v) is 7.96. The number of carbonyl (C=O) groups excluding carboxylic acids is 2. The standard InChI is InChI=1S/C20H33N3O2/c1-13(2)17(19(25)22-12-14(3)21-7)23-18(24)15-8-10-16(11-9-15)20(4,5)6/h8-11,13-14,17,21H,12H2,1-7H3,(H,22,25)(H,23,24). The Labute approximate surface area is 152 Å². The number of rotatable bonds is 7. The molecule has 3 N–H and O–H groups in total. The summed E-state index contributed by atoms with van der Waals surface area (Å²) in [6.45, 7) is 12.8. The van der Waals surface area contributed by atoms with Crippen LogP contribution in [0.5, 0.6) is 0 Å². The molecule has 0 aliphatic carbocycles. The van der Waals surface area contributed by atoms with Gasteiger partial charge in [0.1, 0.15) is 6.04 Å². The summed E-state index contributed by atoms with van der Waals surface area (Å²) in [6.07, 6.45) is 0. The van der Waals surface area contributed by atoms with Crippen molar-refractivity contribution in [3.05, 3.63) is 35.4 Å². The van der Waals surface area contributed by atoms with Crippen LogP contribution >= 0.6 is 0 Å². The Balaban J connectivity index is 2.77. The maximum atomic E-state index is 12.5. The van der Waals surface area contributed by atoms with E-state index in [1.54, 1.807) is 0 Å². The van der Waals surface area contributed by atoms with Gasteiger partial charge >= 0.3 is 0 Å². The number of hydrogen-bond acceptors (Lipinski definition) is 3. The highest BCUT2D eigenvalue weighted by Gasteiger charge is 2.25. The zero-order chi connectivity index (χ0) is 19.2. The third kappa shape index (κ3) is 6.50. The molecule has 2 amide bonds. The minimum atomic E-state index is -0.557. The maximum absolute atomic E-state index is 12.5. The summed E-state index contributed by atoms with van der Waals surface area (Å²) < 4.78 is 0. The van der Waals surface area contributed by atoms with E-state index in [4.69, 9.17) is 0 Å².